The van der Waals surface area contributed by atoms with Crippen LogP contribution in [0.25, 0.3) is 0 Å². The summed E-state index contributed by atoms with van der Waals surface area (Å²) < 4.78 is 5.44. The van der Waals surface area contributed by atoms with Gasteiger partial charge in [0.15, 0.2) is 0 Å². The second-order valence-corrected chi connectivity index (χ2v) is 6.25. The molecule has 1 saturated heterocycles. The fraction of sp³-hybridized carbons (Fsp3) is 0.929. The molecule has 2 fully saturated rings. The fourth-order valence-corrected chi connectivity index (χ4v) is 2.29. The van der Waals surface area contributed by atoms with E-state index in [1.54, 1.807) is 0 Å². The Bertz CT molecular complexity index is 274. The van der Waals surface area contributed by atoms with Gasteiger partial charge >= 0.3 is 6.09 Å². The van der Waals surface area contributed by atoms with Crippen molar-refractivity contribution in [2.24, 2.45) is 0 Å². The first kappa shape index (κ1) is 15.3. The maximum absolute atomic E-state index is 11.6. The average Bonchev–Trinajstić information content (AvgIpc) is 2.99. The molecule has 2 aliphatic rings. The molecule has 0 spiro atoms. The summed E-state index contributed by atoms with van der Waals surface area (Å²) in [6.45, 7) is 8.05. The van der Waals surface area contributed by atoms with Crippen molar-refractivity contribution in [3.05, 3.63) is 0 Å². The van der Waals surface area contributed by atoms with Crippen LogP contribution in [0, 0.1) is 0 Å². The molecular formula is C14H28N2O2. The lowest BCUT2D eigenvalue weighted by Gasteiger charge is -2.32. The number of nitrogens with one attached hydrogen (secondary N) is 1. The Hall–Kier alpha value is -0.770. The van der Waals surface area contributed by atoms with Crippen LogP contribution in [0.1, 0.15) is 53.9 Å². The zero-order chi connectivity index (χ0) is 12.5. The SMILES string of the molecule is C.CC(C)(C)NC(=O)OC1CCN(C2CC2)CC1. The topological polar surface area (TPSA) is 41.6 Å². The summed E-state index contributed by atoms with van der Waals surface area (Å²) >= 11 is 0. The molecular weight excluding hydrogens is 228 g/mol. The van der Waals surface area contributed by atoms with Gasteiger partial charge in [0.05, 0.1) is 0 Å². The predicted octanol–water partition coefficient (Wildman–Crippen LogP) is 2.77. The minimum absolute atomic E-state index is 0. The zero-order valence-corrected chi connectivity index (χ0v) is 11.2. The number of hydrogen-bond acceptors (Lipinski definition) is 3. The number of piperidine rings is 1. The first-order valence-corrected chi connectivity index (χ1v) is 6.67. The van der Waals surface area contributed by atoms with Crippen LogP contribution in [0.5, 0.6) is 0 Å². The Balaban J connectivity index is 0.00000162. The monoisotopic (exact) mass is 256 g/mol. The van der Waals surface area contributed by atoms with E-state index in [1.165, 1.54) is 12.8 Å². The van der Waals surface area contributed by atoms with E-state index in [0.717, 1.165) is 32.0 Å². The Kier molecular flexibility index (Phi) is 5.02. The van der Waals surface area contributed by atoms with Gasteiger partial charge in [0.2, 0.25) is 0 Å². The molecule has 106 valence electrons. The highest BCUT2D eigenvalue weighted by molar-refractivity contribution is 5.68. The molecule has 1 aliphatic carbocycles. The van der Waals surface area contributed by atoms with E-state index in [1.807, 2.05) is 20.8 Å². The molecule has 4 nitrogen and oxygen atoms in total. The summed E-state index contributed by atoms with van der Waals surface area (Å²) in [6, 6.07) is 0.833. The minimum atomic E-state index is -0.276. The molecule has 1 heterocycles. The van der Waals surface area contributed by atoms with Crippen molar-refractivity contribution in [1.29, 1.82) is 0 Å². The van der Waals surface area contributed by atoms with Gasteiger partial charge in [-0.1, -0.05) is 7.43 Å². The van der Waals surface area contributed by atoms with Gasteiger partial charge in [0, 0.05) is 24.7 Å². The van der Waals surface area contributed by atoms with Gasteiger partial charge in [0.1, 0.15) is 6.10 Å². The lowest BCUT2D eigenvalue weighted by atomic mass is 10.1. The number of nitrogens with zero attached hydrogens (tertiary/aromatic N) is 1. The normalized spacial score (nSPS) is 22.2. The van der Waals surface area contributed by atoms with Crippen molar-refractivity contribution in [3.8, 4) is 0 Å². The molecule has 1 amide bonds. The van der Waals surface area contributed by atoms with E-state index in [4.69, 9.17) is 4.74 Å². The van der Waals surface area contributed by atoms with Gasteiger partial charge in [-0.3, -0.25) is 0 Å². The third-order valence-electron chi connectivity index (χ3n) is 3.29. The lowest BCUT2D eigenvalue weighted by molar-refractivity contribution is 0.0452. The molecule has 0 bridgehead atoms. The maximum atomic E-state index is 11.6. The Labute approximate surface area is 111 Å². The Morgan fingerprint density at radius 1 is 1.17 bits per heavy atom. The van der Waals surface area contributed by atoms with E-state index < -0.39 is 0 Å². The summed E-state index contributed by atoms with van der Waals surface area (Å²) in [7, 11) is 0. The largest absolute Gasteiger partial charge is 0.446 e. The first-order chi connectivity index (χ1) is 7.94. The number of likely N-dealkylation sites (tertiary alicyclic amines) is 1. The van der Waals surface area contributed by atoms with Crippen LogP contribution < -0.4 is 5.32 Å². The van der Waals surface area contributed by atoms with Gasteiger partial charge in [-0.05, 0) is 46.5 Å². The fourth-order valence-electron chi connectivity index (χ4n) is 2.29. The van der Waals surface area contributed by atoms with Crippen molar-refractivity contribution in [2.75, 3.05) is 13.1 Å². The van der Waals surface area contributed by atoms with Crippen molar-refractivity contribution >= 4 is 6.09 Å². The number of rotatable bonds is 2. The number of hydrogen-bond donors (Lipinski definition) is 1. The number of carbonyl (C=O) groups is 1. The molecule has 0 radical (unpaired) electrons. The highest BCUT2D eigenvalue weighted by Crippen LogP contribution is 2.29. The highest BCUT2D eigenvalue weighted by Gasteiger charge is 2.32. The van der Waals surface area contributed by atoms with Gasteiger partial charge in [-0.25, -0.2) is 4.79 Å². The van der Waals surface area contributed by atoms with Crippen LogP contribution in [0.3, 0.4) is 0 Å². The minimum Gasteiger partial charge on any atom is -0.446 e. The molecule has 1 N–H and O–H groups in total. The standard InChI is InChI=1S/C13H24N2O2.CH4/c1-13(2,3)14-12(16)17-11-6-8-15(9-7-11)10-4-5-10;/h10-11H,4-9H2,1-3H3,(H,14,16);1H4. The molecule has 4 heteroatoms. The average molecular weight is 256 g/mol. The maximum Gasteiger partial charge on any atom is 0.407 e. The van der Waals surface area contributed by atoms with Crippen LogP contribution in [0.2, 0.25) is 0 Å². The Morgan fingerprint density at radius 3 is 2.17 bits per heavy atom. The van der Waals surface area contributed by atoms with Gasteiger partial charge in [0.25, 0.3) is 0 Å². The van der Waals surface area contributed by atoms with Crippen molar-refractivity contribution in [3.63, 3.8) is 0 Å². The second-order valence-electron chi connectivity index (χ2n) is 6.25. The first-order valence-electron chi connectivity index (χ1n) is 6.67. The van der Waals surface area contributed by atoms with E-state index >= 15 is 0 Å². The number of ether oxygens (including phenoxy) is 1. The van der Waals surface area contributed by atoms with E-state index in [9.17, 15) is 4.79 Å². The van der Waals surface area contributed by atoms with E-state index in [-0.39, 0.29) is 25.2 Å². The van der Waals surface area contributed by atoms with Gasteiger partial charge in [-0.15, -0.1) is 0 Å². The summed E-state index contributed by atoms with van der Waals surface area (Å²) in [5, 5.41) is 2.84. The zero-order valence-electron chi connectivity index (χ0n) is 11.2. The van der Waals surface area contributed by atoms with Crippen LogP contribution >= 0.6 is 0 Å². The number of amides is 1. The highest BCUT2D eigenvalue weighted by atomic mass is 16.6. The van der Waals surface area contributed by atoms with Crippen molar-refractivity contribution in [1.82, 2.24) is 10.2 Å². The van der Waals surface area contributed by atoms with Crippen LogP contribution in [0.15, 0.2) is 0 Å². The van der Waals surface area contributed by atoms with E-state index in [2.05, 4.69) is 10.2 Å². The molecule has 0 aromatic carbocycles. The molecule has 1 aliphatic heterocycles. The molecule has 0 atom stereocenters. The van der Waals surface area contributed by atoms with Crippen LogP contribution in [0.4, 0.5) is 4.79 Å². The molecule has 18 heavy (non-hydrogen) atoms. The van der Waals surface area contributed by atoms with Crippen molar-refractivity contribution in [2.45, 2.75) is 71.6 Å². The molecule has 1 saturated carbocycles. The van der Waals surface area contributed by atoms with Crippen LogP contribution in [-0.4, -0.2) is 41.8 Å². The number of alkyl carbamates (subject to hydrolysis) is 1. The van der Waals surface area contributed by atoms with Gasteiger partial charge in [-0.2, -0.15) is 0 Å². The van der Waals surface area contributed by atoms with Crippen molar-refractivity contribution < 1.29 is 9.53 Å². The van der Waals surface area contributed by atoms with E-state index in [0.29, 0.717) is 0 Å². The Morgan fingerprint density at radius 2 is 1.72 bits per heavy atom. The molecule has 0 aromatic rings. The molecule has 2 rings (SSSR count). The van der Waals surface area contributed by atoms with Gasteiger partial charge < -0.3 is 15.0 Å². The number of carbonyl (C=O) groups excluding carboxylic acids is 1. The summed E-state index contributed by atoms with van der Waals surface area (Å²) in [5.74, 6) is 0. The summed E-state index contributed by atoms with van der Waals surface area (Å²) in [5.41, 5.74) is -0.216. The summed E-state index contributed by atoms with van der Waals surface area (Å²) in [4.78, 5) is 14.1. The molecule has 0 unspecified atom stereocenters. The second kappa shape index (κ2) is 5.91. The quantitative estimate of drug-likeness (QED) is 0.826. The smallest absolute Gasteiger partial charge is 0.407 e. The molecule has 0 aromatic heterocycles. The van der Waals surface area contributed by atoms with Crippen LogP contribution in [-0.2, 0) is 4.74 Å². The summed E-state index contributed by atoms with van der Waals surface area (Å²) in [6.07, 6.45) is 4.50. The lowest BCUT2D eigenvalue weighted by Crippen LogP contribution is -2.44. The predicted molar refractivity (Wildman–Crippen MR) is 73.7 cm³/mol. The third kappa shape index (κ3) is 4.84. The third-order valence-corrected chi connectivity index (χ3v) is 3.29.